The van der Waals surface area contributed by atoms with E-state index < -0.39 is 5.41 Å². The van der Waals surface area contributed by atoms with Crippen molar-refractivity contribution in [2.24, 2.45) is 11.3 Å². The van der Waals surface area contributed by atoms with Crippen LogP contribution in [0.2, 0.25) is 0 Å². The van der Waals surface area contributed by atoms with Gasteiger partial charge in [0.25, 0.3) is 0 Å². The van der Waals surface area contributed by atoms with Crippen LogP contribution in [0.1, 0.15) is 41.0 Å². The molecule has 0 heterocycles. The van der Waals surface area contributed by atoms with Gasteiger partial charge in [-0.3, -0.25) is 9.59 Å². The van der Waals surface area contributed by atoms with Crippen molar-refractivity contribution in [1.82, 2.24) is 0 Å². The van der Waals surface area contributed by atoms with Crippen molar-refractivity contribution in [1.29, 1.82) is 0 Å². The Labute approximate surface area is 121 Å². The van der Waals surface area contributed by atoms with Gasteiger partial charge < -0.3 is 10.6 Å². The van der Waals surface area contributed by atoms with Crippen LogP contribution in [0.25, 0.3) is 0 Å². The average molecular weight is 276 g/mol. The Bertz CT molecular complexity index is 489. The van der Waals surface area contributed by atoms with Gasteiger partial charge in [-0.25, -0.2) is 0 Å². The van der Waals surface area contributed by atoms with E-state index in [4.69, 9.17) is 0 Å². The molecule has 4 nitrogen and oxygen atoms in total. The summed E-state index contributed by atoms with van der Waals surface area (Å²) in [5.74, 6) is -0.0856. The number of amides is 2. The van der Waals surface area contributed by atoms with Gasteiger partial charge >= 0.3 is 0 Å². The van der Waals surface area contributed by atoms with Crippen LogP contribution in [-0.4, -0.2) is 11.8 Å². The van der Waals surface area contributed by atoms with Crippen LogP contribution < -0.4 is 10.6 Å². The molecule has 0 radical (unpaired) electrons. The fourth-order valence-corrected chi connectivity index (χ4v) is 1.44. The fourth-order valence-electron chi connectivity index (χ4n) is 1.44. The summed E-state index contributed by atoms with van der Waals surface area (Å²) in [5, 5.41) is 5.70. The van der Waals surface area contributed by atoms with Crippen molar-refractivity contribution in [3.8, 4) is 0 Å². The van der Waals surface area contributed by atoms with E-state index in [1.807, 2.05) is 52.8 Å². The summed E-state index contributed by atoms with van der Waals surface area (Å²) >= 11 is 0. The average Bonchev–Trinajstić information content (AvgIpc) is 2.37. The van der Waals surface area contributed by atoms with Crippen LogP contribution in [-0.2, 0) is 9.59 Å². The first-order valence-corrected chi connectivity index (χ1v) is 6.96. The molecule has 110 valence electrons. The van der Waals surface area contributed by atoms with E-state index in [-0.39, 0.29) is 17.7 Å². The van der Waals surface area contributed by atoms with E-state index in [2.05, 4.69) is 10.6 Å². The zero-order valence-corrected chi connectivity index (χ0v) is 12.9. The molecule has 0 aliphatic carbocycles. The van der Waals surface area contributed by atoms with Gasteiger partial charge in [-0.15, -0.1) is 0 Å². The van der Waals surface area contributed by atoms with Gasteiger partial charge in [0.2, 0.25) is 11.8 Å². The van der Waals surface area contributed by atoms with Gasteiger partial charge in [-0.05, 0) is 24.6 Å². The van der Waals surface area contributed by atoms with Crippen LogP contribution in [0.3, 0.4) is 0 Å². The number of benzene rings is 1. The maximum Gasteiger partial charge on any atom is 0.229 e. The van der Waals surface area contributed by atoms with Gasteiger partial charge in [0.15, 0.2) is 0 Å². The predicted molar refractivity (Wildman–Crippen MR) is 82.6 cm³/mol. The highest BCUT2D eigenvalue weighted by molar-refractivity contribution is 5.96. The molecule has 1 aromatic rings. The highest BCUT2D eigenvalue weighted by atomic mass is 16.2. The molecule has 2 amide bonds. The maximum absolute atomic E-state index is 11.9. The SMILES string of the molecule is CC[C@H](C)C(=O)Nc1cccc(NC(=O)C(C)(C)C)c1. The lowest BCUT2D eigenvalue weighted by atomic mass is 9.95. The van der Waals surface area contributed by atoms with Crippen molar-refractivity contribution in [3.05, 3.63) is 24.3 Å². The molecule has 0 unspecified atom stereocenters. The molecular weight excluding hydrogens is 252 g/mol. The molecule has 0 spiro atoms. The molecule has 0 aromatic heterocycles. The Balaban J connectivity index is 2.76. The van der Waals surface area contributed by atoms with E-state index in [0.717, 1.165) is 6.42 Å². The summed E-state index contributed by atoms with van der Waals surface area (Å²) in [6.07, 6.45) is 0.798. The number of carbonyl (C=O) groups is 2. The Morgan fingerprint density at radius 3 is 2.20 bits per heavy atom. The number of carbonyl (C=O) groups excluding carboxylic acids is 2. The van der Waals surface area contributed by atoms with Crippen LogP contribution in [0.15, 0.2) is 24.3 Å². The summed E-state index contributed by atoms with van der Waals surface area (Å²) in [4.78, 5) is 23.8. The largest absolute Gasteiger partial charge is 0.326 e. The Morgan fingerprint density at radius 2 is 1.70 bits per heavy atom. The van der Waals surface area contributed by atoms with E-state index >= 15 is 0 Å². The third-order valence-corrected chi connectivity index (χ3v) is 3.13. The molecule has 0 aliphatic heterocycles. The lowest BCUT2D eigenvalue weighted by Gasteiger charge is -2.18. The highest BCUT2D eigenvalue weighted by Crippen LogP contribution is 2.20. The van der Waals surface area contributed by atoms with Crippen molar-refractivity contribution in [3.63, 3.8) is 0 Å². The normalized spacial score (nSPS) is 12.7. The second-order valence-corrected chi connectivity index (χ2v) is 6.08. The number of anilines is 2. The Morgan fingerprint density at radius 1 is 1.15 bits per heavy atom. The molecule has 0 saturated carbocycles. The molecule has 2 N–H and O–H groups in total. The summed E-state index contributed by atoms with van der Waals surface area (Å²) in [5.41, 5.74) is 0.935. The highest BCUT2D eigenvalue weighted by Gasteiger charge is 2.21. The van der Waals surface area contributed by atoms with E-state index in [1.54, 1.807) is 6.07 Å². The Hall–Kier alpha value is -1.84. The minimum Gasteiger partial charge on any atom is -0.326 e. The van der Waals surface area contributed by atoms with Gasteiger partial charge in [0.05, 0.1) is 0 Å². The molecule has 0 fully saturated rings. The monoisotopic (exact) mass is 276 g/mol. The smallest absolute Gasteiger partial charge is 0.229 e. The second kappa shape index (κ2) is 6.55. The quantitative estimate of drug-likeness (QED) is 0.881. The topological polar surface area (TPSA) is 58.2 Å². The first-order chi connectivity index (χ1) is 9.24. The molecule has 1 rings (SSSR count). The number of hydrogen-bond donors (Lipinski definition) is 2. The van der Waals surface area contributed by atoms with Crippen molar-refractivity contribution in [2.75, 3.05) is 10.6 Å². The van der Waals surface area contributed by atoms with Gasteiger partial charge in [0, 0.05) is 22.7 Å². The van der Waals surface area contributed by atoms with Crippen LogP contribution in [0.4, 0.5) is 11.4 Å². The number of nitrogens with one attached hydrogen (secondary N) is 2. The first kappa shape index (κ1) is 16.2. The van der Waals surface area contributed by atoms with Crippen molar-refractivity contribution < 1.29 is 9.59 Å². The molecule has 0 saturated heterocycles. The first-order valence-electron chi connectivity index (χ1n) is 6.96. The minimum atomic E-state index is -0.448. The predicted octanol–water partition coefficient (Wildman–Crippen LogP) is 3.66. The third kappa shape index (κ3) is 4.68. The Kier molecular flexibility index (Phi) is 5.31. The van der Waals surface area contributed by atoms with Gasteiger partial charge in [-0.1, -0.05) is 40.7 Å². The summed E-state index contributed by atoms with van der Waals surface area (Å²) in [6, 6.07) is 7.20. The van der Waals surface area contributed by atoms with Crippen LogP contribution >= 0.6 is 0 Å². The van der Waals surface area contributed by atoms with Crippen LogP contribution in [0, 0.1) is 11.3 Å². The van der Waals surface area contributed by atoms with Gasteiger partial charge in [-0.2, -0.15) is 0 Å². The molecule has 1 atom stereocenters. The third-order valence-electron chi connectivity index (χ3n) is 3.13. The molecule has 20 heavy (non-hydrogen) atoms. The van der Waals surface area contributed by atoms with Crippen LogP contribution in [0.5, 0.6) is 0 Å². The zero-order valence-electron chi connectivity index (χ0n) is 12.9. The molecule has 4 heteroatoms. The lowest BCUT2D eigenvalue weighted by Crippen LogP contribution is -2.27. The van der Waals surface area contributed by atoms with E-state index in [9.17, 15) is 9.59 Å². The lowest BCUT2D eigenvalue weighted by molar-refractivity contribution is -0.123. The molecule has 0 bridgehead atoms. The summed E-state index contributed by atoms with van der Waals surface area (Å²) < 4.78 is 0. The summed E-state index contributed by atoms with van der Waals surface area (Å²) in [7, 11) is 0. The molecular formula is C16H24N2O2. The second-order valence-electron chi connectivity index (χ2n) is 6.08. The zero-order chi connectivity index (χ0) is 15.3. The van der Waals surface area contributed by atoms with Gasteiger partial charge in [0.1, 0.15) is 0 Å². The molecule has 1 aromatic carbocycles. The maximum atomic E-state index is 11.9. The standard InChI is InChI=1S/C16H24N2O2/c1-6-11(2)14(19)17-12-8-7-9-13(10-12)18-15(20)16(3,4)5/h7-11H,6H2,1-5H3,(H,17,19)(H,18,20)/t11-/m0/s1. The number of rotatable bonds is 4. The molecule has 0 aliphatic rings. The summed E-state index contributed by atoms with van der Waals surface area (Å²) in [6.45, 7) is 9.44. The minimum absolute atomic E-state index is 0.00759. The van der Waals surface area contributed by atoms with Crippen molar-refractivity contribution >= 4 is 23.2 Å². The van der Waals surface area contributed by atoms with E-state index in [0.29, 0.717) is 11.4 Å². The fraction of sp³-hybridized carbons (Fsp3) is 0.500. The van der Waals surface area contributed by atoms with Crippen molar-refractivity contribution in [2.45, 2.75) is 41.0 Å². The number of hydrogen-bond acceptors (Lipinski definition) is 2. The van der Waals surface area contributed by atoms with E-state index in [1.165, 1.54) is 0 Å².